The predicted molar refractivity (Wildman–Crippen MR) is 76.3 cm³/mol. The van der Waals surface area contributed by atoms with Gasteiger partial charge in [-0.3, -0.25) is 9.59 Å². The molecule has 2 rings (SSSR count). The topological polar surface area (TPSA) is 46.6 Å². The minimum Gasteiger partial charge on any atom is -0.466 e. The van der Waals surface area contributed by atoms with Crippen molar-refractivity contribution in [2.24, 2.45) is 5.92 Å². The summed E-state index contributed by atoms with van der Waals surface area (Å²) >= 11 is 0. The largest absolute Gasteiger partial charge is 0.466 e. The number of nitrogens with zero attached hydrogens (tertiary/aromatic N) is 1. The number of esters is 1. The van der Waals surface area contributed by atoms with Crippen LogP contribution >= 0.6 is 0 Å². The first-order valence-corrected chi connectivity index (χ1v) is 7.23. The van der Waals surface area contributed by atoms with Crippen LogP contribution in [0, 0.1) is 5.92 Å². The van der Waals surface area contributed by atoms with Gasteiger partial charge in [-0.2, -0.15) is 0 Å². The van der Waals surface area contributed by atoms with E-state index in [9.17, 15) is 9.59 Å². The van der Waals surface area contributed by atoms with E-state index in [4.69, 9.17) is 4.74 Å². The summed E-state index contributed by atoms with van der Waals surface area (Å²) in [6.07, 6.45) is 2.34. The van der Waals surface area contributed by atoms with Crippen molar-refractivity contribution < 1.29 is 14.3 Å². The molecular weight excluding hydrogens is 254 g/mol. The number of benzene rings is 1. The first-order valence-electron chi connectivity index (χ1n) is 7.23. The number of ether oxygens (including phenoxy) is 1. The van der Waals surface area contributed by atoms with Crippen molar-refractivity contribution in [1.29, 1.82) is 0 Å². The lowest BCUT2D eigenvalue weighted by Gasteiger charge is -2.20. The lowest BCUT2D eigenvalue weighted by Crippen LogP contribution is -2.32. The summed E-state index contributed by atoms with van der Waals surface area (Å²) in [6.45, 7) is 3.57. The van der Waals surface area contributed by atoms with Gasteiger partial charge in [0.05, 0.1) is 12.5 Å². The number of hydrogen-bond donors (Lipinski definition) is 0. The van der Waals surface area contributed by atoms with Crippen molar-refractivity contribution in [2.75, 3.05) is 19.7 Å². The van der Waals surface area contributed by atoms with E-state index in [1.165, 1.54) is 0 Å². The molecule has 20 heavy (non-hydrogen) atoms. The van der Waals surface area contributed by atoms with Crippen LogP contribution in [-0.2, 0) is 9.53 Å². The van der Waals surface area contributed by atoms with Crippen molar-refractivity contribution in [3.63, 3.8) is 0 Å². The molecule has 1 aromatic carbocycles. The van der Waals surface area contributed by atoms with E-state index in [-0.39, 0.29) is 17.8 Å². The van der Waals surface area contributed by atoms with Crippen LogP contribution in [0.5, 0.6) is 0 Å². The van der Waals surface area contributed by atoms with Gasteiger partial charge in [0, 0.05) is 18.7 Å². The van der Waals surface area contributed by atoms with E-state index in [2.05, 4.69) is 0 Å². The van der Waals surface area contributed by atoms with Gasteiger partial charge >= 0.3 is 5.97 Å². The number of amides is 1. The molecule has 1 heterocycles. The maximum atomic E-state index is 12.4. The third kappa shape index (κ3) is 3.59. The summed E-state index contributed by atoms with van der Waals surface area (Å²) in [5, 5.41) is 0. The minimum absolute atomic E-state index is 0.0510. The average Bonchev–Trinajstić information content (AvgIpc) is 2.73. The fourth-order valence-electron chi connectivity index (χ4n) is 2.56. The Hall–Kier alpha value is -1.84. The standard InChI is InChI=1S/C16H21NO3/c1-2-20-16(19)14-9-6-11-17(12-10-14)15(18)13-7-4-3-5-8-13/h3-5,7-8,14H,2,6,9-12H2,1H3. The van der Waals surface area contributed by atoms with Gasteiger partial charge < -0.3 is 9.64 Å². The first kappa shape index (κ1) is 14.6. The second kappa shape index (κ2) is 7.08. The monoisotopic (exact) mass is 275 g/mol. The summed E-state index contributed by atoms with van der Waals surface area (Å²) in [5.74, 6) is -0.139. The summed E-state index contributed by atoms with van der Waals surface area (Å²) in [4.78, 5) is 26.0. The van der Waals surface area contributed by atoms with Gasteiger partial charge in [0.15, 0.2) is 0 Å². The van der Waals surface area contributed by atoms with E-state index in [0.29, 0.717) is 31.7 Å². The molecule has 4 nitrogen and oxygen atoms in total. The Bertz CT molecular complexity index is 458. The molecule has 108 valence electrons. The van der Waals surface area contributed by atoms with Gasteiger partial charge in [0.1, 0.15) is 0 Å². The molecule has 0 N–H and O–H groups in total. The van der Waals surface area contributed by atoms with Crippen LogP contribution in [0.4, 0.5) is 0 Å². The lowest BCUT2D eigenvalue weighted by atomic mass is 10.0. The highest BCUT2D eigenvalue weighted by atomic mass is 16.5. The average molecular weight is 275 g/mol. The Kier molecular flexibility index (Phi) is 5.16. The first-order chi connectivity index (χ1) is 9.72. The molecule has 0 aromatic heterocycles. The van der Waals surface area contributed by atoms with Crippen molar-refractivity contribution in [1.82, 2.24) is 4.90 Å². The SMILES string of the molecule is CCOC(=O)C1CCCN(C(=O)c2ccccc2)CC1. The Morgan fingerprint density at radius 2 is 1.95 bits per heavy atom. The Labute approximate surface area is 119 Å². The Balaban J connectivity index is 1.96. The van der Waals surface area contributed by atoms with Crippen molar-refractivity contribution in [2.45, 2.75) is 26.2 Å². The maximum absolute atomic E-state index is 12.4. The molecule has 1 fully saturated rings. The second-order valence-corrected chi connectivity index (χ2v) is 5.04. The maximum Gasteiger partial charge on any atom is 0.308 e. The molecule has 0 saturated carbocycles. The Morgan fingerprint density at radius 1 is 1.20 bits per heavy atom. The van der Waals surface area contributed by atoms with Gasteiger partial charge in [0.2, 0.25) is 0 Å². The molecule has 0 spiro atoms. The van der Waals surface area contributed by atoms with E-state index in [1.807, 2.05) is 42.2 Å². The zero-order valence-electron chi connectivity index (χ0n) is 11.9. The summed E-state index contributed by atoms with van der Waals surface area (Å²) < 4.78 is 5.07. The van der Waals surface area contributed by atoms with Crippen LogP contribution in [0.3, 0.4) is 0 Å². The lowest BCUT2D eigenvalue weighted by molar-refractivity contribution is -0.148. The van der Waals surface area contributed by atoms with E-state index in [0.717, 1.165) is 12.8 Å². The molecule has 1 aromatic rings. The summed E-state index contributed by atoms with van der Waals surface area (Å²) in [7, 11) is 0. The van der Waals surface area contributed by atoms with Crippen LogP contribution in [0.15, 0.2) is 30.3 Å². The van der Waals surface area contributed by atoms with Gasteiger partial charge in [-0.05, 0) is 38.3 Å². The van der Waals surface area contributed by atoms with Gasteiger partial charge in [0.25, 0.3) is 5.91 Å². The zero-order valence-corrected chi connectivity index (χ0v) is 11.9. The molecule has 0 aliphatic carbocycles. The molecule has 1 amide bonds. The van der Waals surface area contributed by atoms with Crippen LogP contribution in [0.2, 0.25) is 0 Å². The zero-order chi connectivity index (χ0) is 14.4. The Morgan fingerprint density at radius 3 is 2.65 bits per heavy atom. The number of carbonyl (C=O) groups excluding carboxylic acids is 2. The third-order valence-corrected chi connectivity index (χ3v) is 3.66. The van der Waals surface area contributed by atoms with Crippen LogP contribution < -0.4 is 0 Å². The van der Waals surface area contributed by atoms with Crippen LogP contribution in [-0.4, -0.2) is 36.5 Å². The van der Waals surface area contributed by atoms with Gasteiger partial charge in [-0.25, -0.2) is 0 Å². The van der Waals surface area contributed by atoms with Gasteiger partial charge in [-0.15, -0.1) is 0 Å². The molecule has 0 bridgehead atoms. The highest BCUT2D eigenvalue weighted by molar-refractivity contribution is 5.94. The van der Waals surface area contributed by atoms with E-state index in [1.54, 1.807) is 0 Å². The highest BCUT2D eigenvalue weighted by Crippen LogP contribution is 2.20. The predicted octanol–water partition coefficient (Wildman–Crippen LogP) is 2.49. The van der Waals surface area contributed by atoms with E-state index >= 15 is 0 Å². The molecule has 1 saturated heterocycles. The number of hydrogen-bond acceptors (Lipinski definition) is 3. The highest BCUT2D eigenvalue weighted by Gasteiger charge is 2.26. The molecule has 1 atom stereocenters. The van der Waals surface area contributed by atoms with Crippen molar-refractivity contribution >= 4 is 11.9 Å². The van der Waals surface area contributed by atoms with Crippen LogP contribution in [0.1, 0.15) is 36.5 Å². The fourth-order valence-corrected chi connectivity index (χ4v) is 2.56. The quantitative estimate of drug-likeness (QED) is 0.796. The number of carbonyl (C=O) groups is 2. The molecule has 4 heteroatoms. The molecule has 0 radical (unpaired) electrons. The summed E-state index contributed by atoms with van der Waals surface area (Å²) in [5.41, 5.74) is 0.710. The smallest absolute Gasteiger partial charge is 0.308 e. The van der Waals surface area contributed by atoms with Crippen molar-refractivity contribution in [3.8, 4) is 0 Å². The minimum atomic E-state index is -0.124. The van der Waals surface area contributed by atoms with E-state index < -0.39 is 0 Å². The number of likely N-dealkylation sites (tertiary alicyclic amines) is 1. The van der Waals surface area contributed by atoms with Crippen LogP contribution in [0.25, 0.3) is 0 Å². The normalized spacial score (nSPS) is 19.2. The molecule has 1 unspecified atom stereocenters. The third-order valence-electron chi connectivity index (χ3n) is 3.66. The molecular formula is C16H21NO3. The second-order valence-electron chi connectivity index (χ2n) is 5.04. The van der Waals surface area contributed by atoms with Crippen molar-refractivity contribution in [3.05, 3.63) is 35.9 Å². The molecule has 1 aliphatic rings. The fraction of sp³-hybridized carbons (Fsp3) is 0.500. The number of rotatable bonds is 3. The van der Waals surface area contributed by atoms with Gasteiger partial charge in [-0.1, -0.05) is 18.2 Å². The summed E-state index contributed by atoms with van der Waals surface area (Å²) in [6, 6.07) is 9.29. The molecule has 1 aliphatic heterocycles.